The summed E-state index contributed by atoms with van der Waals surface area (Å²) in [6.07, 6.45) is 1.70. The monoisotopic (exact) mass is 260 g/mol. The molecule has 0 saturated carbocycles. The smallest absolute Gasteiger partial charge is 0.136 e. The first kappa shape index (κ1) is 11.2. The second-order valence-corrected chi connectivity index (χ2v) is 3.58. The molecule has 0 unspecified atom stereocenters. The summed E-state index contributed by atoms with van der Waals surface area (Å²) in [4.78, 5) is 10.2. The van der Waals surface area contributed by atoms with Gasteiger partial charge in [0.05, 0.1) is 11.6 Å². The quantitative estimate of drug-likeness (QED) is 0.779. The van der Waals surface area contributed by atoms with Gasteiger partial charge in [-0.15, -0.1) is 0 Å². The molecule has 1 aromatic carbocycles. The van der Waals surface area contributed by atoms with Crippen molar-refractivity contribution in [3.63, 3.8) is 0 Å². The highest BCUT2D eigenvalue weighted by atomic mass is 79.9. The number of rotatable bonds is 4. The highest BCUT2D eigenvalue weighted by molar-refractivity contribution is 9.10. The van der Waals surface area contributed by atoms with E-state index in [1.807, 2.05) is 0 Å². The van der Waals surface area contributed by atoms with E-state index in [1.54, 1.807) is 0 Å². The summed E-state index contributed by atoms with van der Waals surface area (Å²) >= 11 is 3.30. The Morgan fingerprint density at radius 2 is 2.29 bits per heavy atom. The number of ether oxygens (including phenoxy) is 1. The first-order chi connectivity index (χ1) is 6.69. The summed E-state index contributed by atoms with van der Waals surface area (Å²) in [5.41, 5.74) is 0.744. The maximum Gasteiger partial charge on any atom is 0.136 e. The lowest BCUT2D eigenvalue weighted by atomic mass is 10.1. The molecule has 0 aliphatic carbocycles. The van der Waals surface area contributed by atoms with Crippen molar-refractivity contribution in [1.29, 1.82) is 0 Å². The molecule has 1 aromatic rings. The number of carbonyl (C=O) groups excluding carboxylic acids is 1. The van der Waals surface area contributed by atoms with Gasteiger partial charge in [0.15, 0.2) is 0 Å². The maximum atomic E-state index is 13.0. The third-order valence-electron chi connectivity index (χ3n) is 1.83. The van der Waals surface area contributed by atoms with Crippen LogP contribution in [0.15, 0.2) is 16.6 Å². The molecule has 14 heavy (non-hydrogen) atoms. The summed E-state index contributed by atoms with van der Waals surface area (Å²) in [5.74, 6) is 0.0943. The first-order valence-electron chi connectivity index (χ1n) is 4.14. The molecular weight excluding hydrogens is 251 g/mol. The molecule has 0 aliphatic heterocycles. The number of aldehydes is 1. The molecule has 1 rings (SSSR count). The number of carbonyl (C=O) groups is 1. The average molecular weight is 261 g/mol. The van der Waals surface area contributed by atoms with E-state index in [0.717, 1.165) is 11.8 Å². The minimum atomic E-state index is -0.356. The Hall–Kier alpha value is -0.900. The Balaban J connectivity index is 3.02. The van der Waals surface area contributed by atoms with Crippen molar-refractivity contribution in [1.82, 2.24) is 0 Å². The number of hydrogen-bond acceptors (Lipinski definition) is 2. The minimum Gasteiger partial charge on any atom is -0.495 e. The third-order valence-corrected chi connectivity index (χ3v) is 2.73. The molecule has 76 valence electrons. The van der Waals surface area contributed by atoms with Gasteiger partial charge in [-0.25, -0.2) is 4.39 Å². The third kappa shape index (κ3) is 2.54. The summed E-state index contributed by atoms with van der Waals surface area (Å²) in [5, 5.41) is 0. The minimum absolute atomic E-state index is 0.356. The molecule has 0 spiro atoms. The van der Waals surface area contributed by atoms with Gasteiger partial charge in [0, 0.05) is 12.5 Å². The van der Waals surface area contributed by atoms with Crippen molar-refractivity contribution in [3.05, 3.63) is 28.0 Å². The van der Waals surface area contributed by atoms with E-state index in [0.29, 0.717) is 23.1 Å². The van der Waals surface area contributed by atoms with Crippen LogP contribution in [-0.4, -0.2) is 13.4 Å². The zero-order valence-corrected chi connectivity index (χ0v) is 9.30. The van der Waals surface area contributed by atoms with E-state index in [9.17, 15) is 9.18 Å². The summed E-state index contributed by atoms with van der Waals surface area (Å²) in [6.45, 7) is 0. The van der Waals surface area contributed by atoms with E-state index in [1.165, 1.54) is 19.2 Å². The molecule has 0 saturated heterocycles. The predicted molar refractivity (Wildman–Crippen MR) is 55.0 cm³/mol. The summed E-state index contributed by atoms with van der Waals surface area (Å²) < 4.78 is 18.7. The van der Waals surface area contributed by atoms with Gasteiger partial charge in [-0.1, -0.05) is 0 Å². The first-order valence-corrected chi connectivity index (χ1v) is 4.94. The van der Waals surface area contributed by atoms with Crippen LogP contribution in [-0.2, 0) is 11.2 Å². The Bertz CT molecular complexity index is 339. The lowest BCUT2D eigenvalue weighted by molar-refractivity contribution is -0.107. The molecule has 0 atom stereocenters. The lowest BCUT2D eigenvalue weighted by Crippen LogP contribution is -1.94. The van der Waals surface area contributed by atoms with Crippen molar-refractivity contribution >= 4 is 22.2 Å². The van der Waals surface area contributed by atoms with E-state index >= 15 is 0 Å². The largest absolute Gasteiger partial charge is 0.495 e. The fraction of sp³-hybridized carbons (Fsp3) is 0.300. The van der Waals surface area contributed by atoms with Gasteiger partial charge in [0.2, 0.25) is 0 Å². The fourth-order valence-corrected chi connectivity index (χ4v) is 1.75. The molecule has 0 bridgehead atoms. The molecule has 0 fully saturated rings. The molecule has 0 heterocycles. The van der Waals surface area contributed by atoms with Crippen LogP contribution in [0.1, 0.15) is 12.0 Å². The van der Waals surface area contributed by atoms with Crippen LogP contribution in [0.2, 0.25) is 0 Å². The van der Waals surface area contributed by atoms with E-state index < -0.39 is 0 Å². The van der Waals surface area contributed by atoms with Gasteiger partial charge in [0.1, 0.15) is 17.9 Å². The number of halogens is 2. The number of aryl methyl sites for hydroxylation is 1. The molecule has 0 radical (unpaired) electrons. The molecule has 0 aliphatic rings. The van der Waals surface area contributed by atoms with Gasteiger partial charge in [-0.05, 0) is 34.0 Å². The van der Waals surface area contributed by atoms with Crippen LogP contribution in [0.4, 0.5) is 4.39 Å². The molecule has 0 aromatic heterocycles. The Labute approximate surface area is 90.2 Å². The van der Waals surface area contributed by atoms with E-state index in [2.05, 4.69) is 15.9 Å². The molecule has 0 amide bonds. The maximum absolute atomic E-state index is 13.0. The molecular formula is C10H10BrFO2. The van der Waals surface area contributed by atoms with Crippen LogP contribution in [0.5, 0.6) is 5.75 Å². The zero-order chi connectivity index (χ0) is 10.6. The number of hydrogen-bond donors (Lipinski definition) is 0. The van der Waals surface area contributed by atoms with E-state index in [-0.39, 0.29) is 5.82 Å². The second-order valence-electron chi connectivity index (χ2n) is 2.79. The van der Waals surface area contributed by atoms with Crippen LogP contribution < -0.4 is 4.74 Å². The van der Waals surface area contributed by atoms with Gasteiger partial charge in [-0.3, -0.25) is 0 Å². The Kier molecular flexibility index (Phi) is 4.07. The molecule has 2 nitrogen and oxygen atoms in total. The fourth-order valence-electron chi connectivity index (χ4n) is 1.16. The standard InChI is InChI=1S/C10H10BrFO2/c1-14-9-6-8(12)5-7(10(9)11)3-2-4-13/h4-6H,2-3H2,1H3. The predicted octanol–water partition coefficient (Wildman–Crippen LogP) is 2.73. The lowest BCUT2D eigenvalue weighted by Gasteiger charge is -2.08. The van der Waals surface area contributed by atoms with Crippen LogP contribution in [0.25, 0.3) is 0 Å². The second kappa shape index (κ2) is 5.10. The van der Waals surface area contributed by atoms with Crippen LogP contribution >= 0.6 is 15.9 Å². The number of methoxy groups -OCH3 is 1. The highest BCUT2D eigenvalue weighted by Crippen LogP contribution is 2.30. The van der Waals surface area contributed by atoms with E-state index in [4.69, 9.17) is 4.74 Å². The highest BCUT2D eigenvalue weighted by Gasteiger charge is 2.08. The van der Waals surface area contributed by atoms with Gasteiger partial charge < -0.3 is 9.53 Å². The molecule has 4 heteroatoms. The van der Waals surface area contributed by atoms with Crippen molar-refractivity contribution < 1.29 is 13.9 Å². The van der Waals surface area contributed by atoms with Crippen LogP contribution in [0, 0.1) is 5.82 Å². The van der Waals surface area contributed by atoms with Gasteiger partial charge >= 0.3 is 0 Å². The zero-order valence-electron chi connectivity index (χ0n) is 7.72. The van der Waals surface area contributed by atoms with Crippen molar-refractivity contribution in [3.8, 4) is 5.75 Å². The SMILES string of the molecule is COc1cc(F)cc(CCC=O)c1Br. The van der Waals surface area contributed by atoms with Gasteiger partial charge in [0.25, 0.3) is 0 Å². The average Bonchev–Trinajstić information content (AvgIpc) is 2.18. The summed E-state index contributed by atoms with van der Waals surface area (Å²) in [7, 11) is 1.48. The van der Waals surface area contributed by atoms with Crippen LogP contribution in [0.3, 0.4) is 0 Å². The molecule has 0 N–H and O–H groups in total. The Morgan fingerprint density at radius 3 is 2.86 bits per heavy atom. The van der Waals surface area contributed by atoms with Gasteiger partial charge in [-0.2, -0.15) is 0 Å². The Morgan fingerprint density at radius 1 is 1.57 bits per heavy atom. The topological polar surface area (TPSA) is 26.3 Å². The van der Waals surface area contributed by atoms with Crippen molar-refractivity contribution in [2.24, 2.45) is 0 Å². The van der Waals surface area contributed by atoms with Crippen molar-refractivity contribution in [2.75, 3.05) is 7.11 Å². The number of benzene rings is 1. The van der Waals surface area contributed by atoms with Crippen molar-refractivity contribution in [2.45, 2.75) is 12.8 Å². The summed E-state index contributed by atoms with van der Waals surface area (Å²) in [6, 6.07) is 2.70. The normalized spacial score (nSPS) is 9.93.